The van der Waals surface area contributed by atoms with E-state index in [9.17, 15) is 0 Å². The highest BCUT2D eigenvalue weighted by atomic mass is 35.5. The molecule has 1 saturated heterocycles. The maximum Gasteiger partial charge on any atom is 0.162 e. The second kappa shape index (κ2) is 9.20. The van der Waals surface area contributed by atoms with Gasteiger partial charge in [-0.1, -0.05) is 30.3 Å². The lowest BCUT2D eigenvalue weighted by molar-refractivity contribution is 0.170. The molecule has 2 atom stereocenters. The Morgan fingerprint density at radius 2 is 1.78 bits per heavy atom. The Balaban J connectivity index is 0.00000210. The second-order valence-electron chi connectivity index (χ2n) is 7.01. The van der Waals surface area contributed by atoms with Crippen LogP contribution in [0.4, 0.5) is 0 Å². The molecule has 0 saturated carbocycles. The number of fused-ring (bicyclic) bond motifs is 1. The zero-order chi connectivity index (χ0) is 17.9. The lowest BCUT2D eigenvalue weighted by Crippen LogP contribution is -2.23. The monoisotopic (exact) mass is 406 g/mol. The van der Waals surface area contributed by atoms with Crippen LogP contribution in [0, 0.1) is 5.92 Å². The molecule has 6 heteroatoms. The summed E-state index contributed by atoms with van der Waals surface area (Å²) in [6.45, 7) is 5.00. The molecule has 146 valence electrons. The van der Waals surface area contributed by atoms with Gasteiger partial charge in [-0.15, -0.1) is 24.2 Å². The molecule has 1 fully saturated rings. The molecule has 0 aromatic heterocycles. The molecule has 4 nitrogen and oxygen atoms in total. The van der Waals surface area contributed by atoms with Gasteiger partial charge in [0.1, 0.15) is 13.2 Å². The number of nitrogens with zero attached hydrogens (tertiary/aromatic N) is 1. The summed E-state index contributed by atoms with van der Waals surface area (Å²) < 4.78 is 11.5. The Kier molecular flexibility index (Phi) is 6.93. The molecule has 0 bridgehead atoms. The molecule has 2 aromatic carbocycles. The Bertz CT molecular complexity index is 759. The lowest BCUT2D eigenvalue weighted by Gasteiger charge is -2.23. The highest BCUT2D eigenvalue weighted by Gasteiger charge is 2.33. The molecule has 2 N–H and O–H groups in total. The van der Waals surface area contributed by atoms with Crippen molar-refractivity contribution in [2.45, 2.75) is 17.4 Å². The predicted molar refractivity (Wildman–Crippen MR) is 113 cm³/mol. The molecule has 0 amide bonds. The van der Waals surface area contributed by atoms with Gasteiger partial charge >= 0.3 is 0 Å². The van der Waals surface area contributed by atoms with E-state index in [4.69, 9.17) is 15.2 Å². The average molecular weight is 407 g/mol. The van der Waals surface area contributed by atoms with E-state index in [1.165, 1.54) is 16.0 Å². The number of thioether (sulfide) groups is 1. The summed E-state index contributed by atoms with van der Waals surface area (Å²) in [7, 11) is 0. The van der Waals surface area contributed by atoms with Crippen LogP contribution in [0.25, 0.3) is 0 Å². The fraction of sp³-hybridized carbons (Fsp3) is 0.429. The molecule has 2 aliphatic heterocycles. The molecule has 0 spiro atoms. The third-order valence-corrected chi connectivity index (χ3v) is 6.21. The standard InChI is InChI=1S/C21H26N2O2S.ClH/c1-26-21-10-20-19(24-7-8-25-20)9-16(21)12-23-13-17(11-22)18(14-23)15-5-3-2-4-6-15;/h2-6,9-10,17-18H,7-8,11-14,22H2,1H3;1H/t17-,18+;/m1./s1. The zero-order valence-corrected chi connectivity index (χ0v) is 17.2. The molecular formula is C21H27ClN2O2S. The summed E-state index contributed by atoms with van der Waals surface area (Å²) in [5.74, 6) is 2.76. The molecule has 2 aromatic rings. The Hall–Kier alpha value is -1.40. The van der Waals surface area contributed by atoms with Crippen molar-refractivity contribution in [1.82, 2.24) is 4.90 Å². The number of nitrogens with two attached hydrogens (primary N) is 1. The van der Waals surface area contributed by atoms with E-state index in [0.717, 1.165) is 37.7 Å². The van der Waals surface area contributed by atoms with Gasteiger partial charge in [-0.25, -0.2) is 0 Å². The van der Waals surface area contributed by atoms with E-state index in [1.54, 1.807) is 11.8 Å². The number of benzene rings is 2. The Morgan fingerprint density at radius 1 is 1.07 bits per heavy atom. The van der Waals surface area contributed by atoms with E-state index in [0.29, 0.717) is 25.0 Å². The molecule has 0 radical (unpaired) electrons. The topological polar surface area (TPSA) is 47.7 Å². The number of hydrogen-bond donors (Lipinski definition) is 1. The average Bonchev–Trinajstić information content (AvgIpc) is 3.11. The van der Waals surface area contributed by atoms with Gasteiger partial charge in [-0.2, -0.15) is 0 Å². The third kappa shape index (κ3) is 4.37. The van der Waals surface area contributed by atoms with E-state index in [2.05, 4.69) is 53.6 Å². The zero-order valence-electron chi connectivity index (χ0n) is 15.6. The van der Waals surface area contributed by atoms with Crippen molar-refractivity contribution in [3.8, 4) is 11.5 Å². The van der Waals surface area contributed by atoms with Crippen molar-refractivity contribution in [2.24, 2.45) is 11.7 Å². The maximum atomic E-state index is 6.10. The number of likely N-dealkylation sites (tertiary alicyclic amines) is 1. The van der Waals surface area contributed by atoms with Gasteiger partial charge in [-0.05, 0) is 42.0 Å². The SMILES string of the molecule is CSc1cc2c(cc1CN1C[C@@H](CN)[C@H](c3ccccc3)C1)OCCO2.Cl. The summed E-state index contributed by atoms with van der Waals surface area (Å²) in [6.07, 6.45) is 2.12. The van der Waals surface area contributed by atoms with Crippen LogP contribution in [0.1, 0.15) is 17.0 Å². The van der Waals surface area contributed by atoms with Gasteiger partial charge in [0, 0.05) is 30.4 Å². The smallest absolute Gasteiger partial charge is 0.162 e. The first kappa shape index (κ1) is 20.3. The quantitative estimate of drug-likeness (QED) is 0.766. The van der Waals surface area contributed by atoms with E-state index in [1.807, 2.05) is 0 Å². The van der Waals surface area contributed by atoms with Gasteiger partial charge in [0.2, 0.25) is 0 Å². The predicted octanol–water partition coefficient (Wildman–Crippen LogP) is 3.78. The highest BCUT2D eigenvalue weighted by molar-refractivity contribution is 7.98. The summed E-state index contributed by atoms with van der Waals surface area (Å²) in [5, 5.41) is 0. The van der Waals surface area contributed by atoms with E-state index >= 15 is 0 Å². The molecule has 2 aliphatic rings. The van der Waals surface area contributed by atoms with Gasteiger partial charge in [-0.3, -0.25) is 4.90 Å². The first-order valence-corrected chi connectivity index (χ1v) is 10.4. The Morgan fingerprint density at radius 3 is 2.44 bits per heavy atom. The fourth-order valence-corrected chi connectivity index (χ4v) is 4.68. The fourth-order valence-electron chi connectivity index (χ4n) is 4.07. The van der Waals surface area contributed by atoms with Crippen LogP contribution in [-0.2, 0) is 6.54 Å². The largest absolute Gasteiger partial charge is 0.486 e. The van der Waals surface area contributed by atoms with Gasteiger partial charge in [0.05, 0.1) is 0 Å². The van der Waals surface area contributed by atoms with Crippen LogP contribution in [-0.4, -0.2) is 44.0 Å². The van der Waals surface area contributed by atoms with Crippen LogP contribution in [0.3, 0.4) is 0 Å². The molecule has 0 aliphatic carbocycles. The number of rotatable bonds is 5. The van der Waals surface area contributed by atoms with Crippen LogP contribution < -0.4 is 15.2 Å². The molecule has 0 unspecified atom stereocenters. The van der Waals surface area contributed by atoms with Gasteiger partial charge < -0.3 is 15.2 Å². The molecule has 4 rings (SSSR count). The molecule has 27 heavy (non-hydrogen) atoms. The number of hydrogen-bond acceptors (Lipinski definition) is 5. The lowest BCUT2D eigenvalue weighted by atomic mass is 9.89. The van der Waals surface area contributed by atoms with Crippen LogP contribution in [0.2, 0.25) is 0 Å². The van der Waals surface area contributed by atoms with Crippen LogP contribution in [0.5, 0.6) is 11.5 Å². The van der Waals surface area contributed by atoms with Crippen molar-refractivity contribution in [1.29, 1.82) is 0 Å². The number of ether oxygens (including phenoxy) is 2. The first-order valence-electron chi connectivity index (χ1n) is 9.22. The van der Waals surface area contributed by atoms with E-state index in [-0.39, 0.29) is 12.4 Å². The minimum Gasteiger partial charge on any atom is -0.486 e. The van der Waals surface area contributed by atoms with Crippen molar-refractivity contribution in [2.75, 3.05) is 39.1 Å². The summed E-state index contributed by atoms with van der Waals surface area (Å²) >= 11 is 1.77. The number of halogens is 1. The summed E-state index contributed by atoms with van der Waals surface area (Å²) in [6, 6.07) is 15.1. The summed E-state index contributed by atoms with van der Waals surface area (Å²) in [4.78, 5) is 3.79. The van der Waals surface area contributed by atoms with Gasteiger partial charge in [0.25, 0.3) is 0 Å². The Labute approximate surface area is 171 Å². The van der Waals surface area contributed by atoms with Crippen molar-refractivity contribution in [3.63, 3.8) is 0 Å². The minimum absolute atomic E-state index is 0. The van der Waals surface area contributed by atoms with E-state index < -0.39 is 0 Å². The van der Waals surface area contributed by atoms with Crippen molar-refractivity contribution < 1.29 is 9.47 Å². The van der Waals surface area contributed by atoms with Crippen molar-refractivity contribution >= 4 is 24.2 Å². The highest BCUT2D eigenvalue weighted by Crippen LogP contribution is 2.39. The van der Waals surface area contributed by atoms with Crippen molar-refractivity contribution in [3.05, 3.63) is 53.6 Å². The maximum absolute atomic E-state index is 6.10. The second-order valence-corrected chi connectivity index (χ2v) is 7.86. The third-order valence-electron chi connectivity index (χ3n) is 5.39. The van der Waals surface area contributed by atoms with Crippen LogP contribution >= 0.6 is 24.2 Å². The van der Waals surface area contributed by atoms with Gasteiger partial charge in [0.15, 0.2) is 11.5 Å². The minimum atomic E-state index is 0. The summed E-state index contributed by atoms with van der Waals surface area (Å²) in [5.41, 5.74) is 8.81. The normalized spacial score (nSPS) is 21.7. The molecular weight excluding hydrogens is 380 g/mol. The van der Waals surface area contributed by atoms with Crippen LogP contribution in [0.15, 0.2) is 47.4 Å². The molecule has 2 heterocycles. The first-order chi connectivity index (χ1) is 12.8.